The van der Waals surface area contributed by atoms with Gasteiger partial charge in [0.1, 0.15) is 0 Å². The molecule has 33 heavy (non-hydrogen) atoms. The smallest absolute Gasteiger partial charge is 0.367 e. The van der Waals surface area contributed by atoms with Crippen LogP contribution in [0, 0.1) is 0 Å². The lowest BCUT2D eigenvalue weighted by atomic mass is 10.2. The number of rotatable bonds is 9. The van der Waals surface area contributed by atoms with Gasteiger partial charge in [0.05, 0.1) is 11.9 Å². The molecule has 0 atom stereocenters. The van der Waals surface area contributed by atoms with Gasteiger partial charge < -0.3 is 15.2 Å². The summed E-state index contributed by atoms with van der Waals surface area (Å²) in [6, 6.07) is 5.76. The number of nitrogens with one attached hydrogen (secondary N) is 2. The molecule has 0 aliphatic carbocycles. The van der Waals surface area contributed by atoms with Crippen LogP contribution in [0.2, 0.25) is 0 Å². The lowest BCUT2D eigenvalue weighted by Gasteiger charge is -2.30. The second-order valence-electron chi connectivity index (χ2n) is 8.87. The minimum atomic E-state index is -4.38. The maximum atomic E-state index is 12.9. The topological polar surface area (TPSA) is 70.9 Å². The van der Waals surface area contributed by atoms with Crippen molar-refractivity contribution in [3.05, 3.63) is 36.2 Å². The van der Waals surface area contributed by atoms with Crippen molar-refractivity contribution < 1.29 is 13.2 Å². The molecule has 2 aromatic heterocycles. The number of benzene rings is 1. The molecule has 1 aromatic carbocycles. The maximum Gasteiger partial charge on any atom is 0.416 e. The predicted molar refractivity (Wildman–Crippen MR) is 126 cm³/mol. The summed E-state index contributed by atoms with van der Waals surface area (Å²) in [5.41, 5.74) is 1.07. The molecule has 3 rings (SSSR count). The van der Waals surface area contributed by atoms with Crippen molar-refractivity contribution >= 4 is 28.6 Å². The number of fused-ring (bicyclic) bond motifs is 1. The third kappa shape index (κ3) is 5.93. The van der Waals surface area contributed by atoms with E-state index < -0.39 is 11.7 Å². The molecule has 0 bridgehead atoms. The first-order valence-corrected chi connectivity index (χ1v) is 11.2. The average Bonchev–Trinajstić information content (AvgIpc) is 3.14. The van der Waals surface area contributed by atoms with Crippen LogP contribution in [0.1, 0.15) is 53.1 Å². The lowest BCUT2D eigenvalue weighted by Crippen LogP contribution is -2.40. The van der Waals surface area contributed by atoms with Crippen molar-refractivity contribution in [2.75, 3.05) is 23.7 Å². The SMILES string of the molecule is CC(C)N(CCNc1nc(Nc2ccc(C(F)(F)F)cc2)nc2c1ncn2C(C)C)C(C)C. The third-order valence-corrected chi connectivity index (χ3v) is 5.44. The van der Waals surface area contributed by atoms with Gasteiger partial charge >= 0.3 is 6.18 Å². The van der Waals surface area contributed by atoms with Crippen LogP contribution in [0.15, 0.2) is 30.6 Å². The van der Waals surface area contributed by atoms with Gasteiger partial charge in [-0.1, -0.05) is 0 Å². The minimum absolute atomic E-state index is 0.133. The monoisotopic (exact) mass is 463 g/mol. The van der Waals surface area contributed by atoms with Gasteiger partial charge in [-0.2, -0.15) is 23.1 Å². The molecular formula is C23H32F3N7. The zero-order chi connectivity index (χ0) is 24.3. The third-order valence-electron chi connectivity index (χ3n) is 5.44. The second-order valence-corrected chi connectivity index (χ2v) is 8.87. The van der Waals surface area contributed by atoms with Gasteiger partial charge in [0, 0.05) is 36.9 Å². The number of hydrogen-bond acceptors (Lipinski definition) is 6. The number of anilines is 3. The van der Waals surface area contributed by atoms with Gasteiger partial charge in [0.25, 0.3) is 0 Å². The highest BCUT2D eigenvalue weighted by atomic mass is 19.4. The number of imidazole rings is 1. The van der Waals surface area contributed by atoms with Gasteiger partial charge in [-0.25, -0.2) is 4.98 Å². The van der Waals surface area contributed by atoms with E-state index in [9.17, 15) is 13.2 Å². The number of aromatic nitrogens is 4. The molecule has 2 heterocycles. The summed E-state index contributed by atoms with van der Waals surface area (Å²) in [6.45, 7) is 14.2. The van der Waals surface area contributed by atoms with E-state index in [4.69, 9.17) is 0 Å². The van der Waals surface area contributed by atoms with Gasteiger partial charge in [-0.3, -0.25) is 4.90 Å². The Morgan fingerprint density at radius 2 is 1.61 bits per heavy atom. The summed E-state index contributed by atoms with van der Waals surface area (Å²) < 4.78 is 40.5. The van der Waals surface area contributed by atoms with Crippen LogP contribution in [0.25, 0.3) is 11.2 Å². The van der Waals surface area contributed by atoms with Crippen molar-refractivity contribution in [3.8, 4) is 0 Å². The molecule has 0 spiro atoms. The fraction of sp³-hybridized carbons (Fsp3) is 0.522. The molecule has 0 radical (unpaired) electrons. The van der Waals surface area contributed by atoms with E-state index in [1.807, 2.05) is 18.4 Å². The van der Waals surface area contributed by atoms with E-state index in [1.165, 1.54) is 12.1 Å². The molecule has 0 fully saturated rings. The molecule has 180 valence electrons. The highest BCUT2D eigenvalue weighted by Gasteiger charge is 2.30. The van der Waals surface area contributed by atoms with Crippen LogP contribution in [0.4, 0.5) is 30.6 Å². The Morgan fingerprint density at radius 1 is 0.970 bits per heavy atom. The molecule has 0 saturated carbocycles. The van der Waals surface area contributed by atoms with E-state index >= 15 is 0 Å². The Morgan fingerprint density at radius 3 is 2.15 bits per heavy atom. The Bertz CT molecular complexity index is 1050. The number of halogens is 3. The number of nitrogens with zero attached hydrogens (tertiary/aromatic N) is 5. The van der Waals surface area contributed by atoms with E-state index in [0.717, 1.165) is 18.7 Å². The van der Waals surface area contributed by atoms with E-state index in [-0.39, 0.29) is 12.0 Å². The molecule has 3 aromatic rings. The van der Waals surface area contributed by atoms with Crippen LogP contribution in [-0.2, 0) is 6.18 Å². The summed E-state index contributed by atoms with van der Waals surface area (Å²) in [7, 11) is 0. The van der Waals surface area contributed by atoms with Crippen molar-refractivity contribution in [2.45, 2.75) is 65.8 Å². The Hall–Kier alpha value is -2.88. The molecule has 0 saturated heterocycles. The van der Waals surface area contributed by atoms with E-state index in [2.05, 4.69) is 58.2 Å². The molecule has 2 N–H and O–H groups in total. The minimum Gasteiger partial charge on any atom is -0.367 e. The summed E-state index contributed by atoms with van der Waals surface area (Å²) in [4.78, 5) is 16.0. The molecule has 10 heteroatoms. The van der Waals surface area contributed by atoms with E-state index in [0.29, 0.717) is 41.3 Å². The first kappa shape index (κ1) is 24.8. The van der Waals surface area contributed by atoms with Gasteiger partial charge in [-0.15, -0.1) is 0 Å². The summed E-state index contributed by atoms with van der Waals surface area (Å²) >= 11 is 0. The Balaban J connectivity index is 1.88. The van der Waals surface area contributed by atoms with Crippen LogP contribution in [-0.4, -0.2) is 49.6 Å². The van der Waals surface area contributed by atoms with Gasteiger partial charge in [0.15, 0.2) is 17.0 Å². The number of hydrogen-bond donors (Lipinski definition) is 2. The average molecular weight is 464 g/mol. The summed E-state index contributed by atoms with van der Waals surface area (Å²) in [6.07, 6.45) is -2.65. The Kier molecular flexibility index (Phi) is 7.46. The van der Waals surface area contributed by atoms with Crippen molar-refractivity contribution in [1.29, 1.82) is 0 Å². The predicted octanol–water partition coefficient (Wildman–Crippen LogP) is 5.70. The van der Waals surface area contributed by atoms with Crippen molar-refractivity contribution in [3.63, 3.8) is 0 Å². The first-order chi connectivity index (χ1) is 15.5. The molecule has 0 unspecified atom stereocenters. The fourth-order valence-corrected chi connectivity index (χ4v) is 3.76. The molecular weight excluding hydrogens is 431 g/mol. The van der Waals surface area contributed by atoms with Crippen LogP contribution in [0.5, 0.6) is 0 Å². The van der Waals surface area contributed by atoms with E-state index in [1.54, 1.807) is 6.33 Å². The lowest BCUT2D eigenvalue weighted by molar-refractivity contribution is -0.137. The first-order valence-electron chi connectivity index (χ1n) is 11.2. The van der Waals surface area contributed by atoms with Gasteiger partial charge in [-0.05, 0) is 65.8 Å². The highest BCUT2D eigenvalue weighted by Crippen LogP contribution is 2.30. The normalized spacial score (nSPS) is 12.5. The molecule has 0 aliphatic rings. The van der Waals surface area contributed by atoms with Gasteiger partial charge in [0.2, 0.25) is 5.95 Å². The van der Waals surface area contributed by atoms with Crippen LogP contribution in [0.3, 0.4) is 0 Å². The zero-order valence-corrected chi connectivity index (χ0v) is 19.9. The Labute approximate surface area is 192 Å². The van der Waals surface area contributed by atoms with Crippen molar-refractivity contribution in [2.24, 2.45) is 0 Å². The molecule has 7 nitrogen and oxygen atoms in total. The number of alkyl halides is 3. The summed E-state index contributed by atoms with van der Waals surface area (Å²) in [5.74, 6) is 0.873. The quantitative estimate of drug-likeness (QED) is 0.424. The molecule has 0 amide bonds. The zero-order valence-electron chi connectivity index (χ0n) is 19.9. The van der Waals surface area contributed by atoms with Crippen LogP contribution >= 0.6 is 0 Å². The van der Waals surface area contributed by atoms with Crippen molar-refractivity contribution in [1.82, 2.24) is 24.4 Å². The summed E-state index contributed by atoms with van der Waals surface area (Å²) in [5, 5.41) is 6.40. The molecule has 0 aliphatic heterocycles. The highest BCUT2D eigenvalue weighted by molar-refractivity contribution is 5.84. The van der Waals surface area contributed by atoms with Crippen LogP contribution < -0.4 is 10.6 Å². The fourth-order valence-electron chi connectivity index (χ4n) is 3.76. The standard InChI is InChI=1S/C23H32F3N7/c1-14(2)32(15(3)4)12-11-27-20-19-21(33(13-28-19)16(5)6)31-22(30-20)29-18-9-7-17(8-10-18)23(24,25)26/h7-10,13-16H,11-12H2,1-6H3,(H2,27,29,30,31). The second kappa shape index (κ2) is 9.94. The maximum absolute atomic E-state index is 12.9. The largest absolute Gasteiger partial charge is 0.416 e.